The number of para-hydroxylation sites is 1. The van der Waals surface area contributed by atoms with Gasteiger partial charge in [0.15, 0.2) is 12.2 Å². The summed E-state index contributed by atoms with van der Waals surface area (Å²) in [6, 6.07) is 15.1. The zero-order valence-electron chi connectivity index (χ0n) is 11.9. The molecule has 3 nitrogen and oxygen atoms in total. The molecule has 104 valence electrons. The molecule has 0 N–H and O–H groups in total. The summed E-state index contributed by atoms with van der Waals surface area (Å²) in [5, 5.41) is 2.57. The first-order valence-electron chi connectivity index (χ1n) is 7.28. The molecule has 2 aromatic heterocycles. The first-order valence-corrected chi connectivity index (χ1v) is 7.28. The van der Waals surface area contributed by atoms with E-state index in [0.717, 1.165) is 24.3 Å². The molecule has 0 amide bonds. The summed E-state index contributed by atoms with van der Waals surface area (Å²) in [6.07, 6.45) is 4.35. The Kier molecular flexibility index (Phi) is 2.78. The Morgan fingerprint density at radius 3 is 2.71 bits per heavy atom. The van der Waals surface area contributed by atoms with Gasteiger partial charge in [-0.3, -0.25) is 0 Å². The summed E-state index contributed by atoms with van der Waals surface area (Å²) in [7, 11) is 0. The first kappa shape index (κ1) is 12.2. The van der Waals surface area contributed by atoms with Crippen LogP contribution in [0.15, 0.2) is 59.5 Å². The third-order valence-electron chi connectivity index (χ3n) is 3.94. The van der Waals surface area contributed by atoms with Crippen molar-refractivity contribution in [1.29, 1.82) is 0 Å². The maximum atomic E-state index is 5.42. The predicted molar refractivity (Wildman–Crippen MR) is 85.2 cm³/mol. The highest BCUT2D eigenvalue weighted by molar-refractivity contribution is 6.09. The number of hydrogen-bond donors (Lipinski definition) is 0. The third-order valence-corrected chi connectivity index (χ3v) is 3.94. The highest BCUT2D eigenvalue weighted by Crippen LogP contribution is 2.32. The van der Waals surface area contributed by atoms with Gasteiger partial charge in [-0.15, -0.1) is 0 Å². The zero-order chi connectivity index (χ0) is 14.2. The summed E-state index contributed by atoms with van der Waals surface area (Å²) in [5.74, 6) is 0.809. The van der Waals surface area contributed by atoms with Crippen LogP contribution >= 0.6 is 0 Å². The Balaban J connectivity index is 2.05. The Morgan fingerprint density at radius 2 is 1.90 bits per heavy atom. The summed E-state index contributed by atoms with van der Waals surface area (Å²) in [4.78, 5) is 4.00. The normalized spacial score (nSPS) is 11.5. The number of benzene rings is 2. The maximum absolute atomic E-state index is 5.42. The van der Waals surface area contributed by atoms with E-state index in [4.69, 9.17) is 4.42 Å². The first-order chi connectivity index (χ1) is 10.4. The molecule has 2 aromatic carbocycles. The molecule has 0 saturated carbocycles. The second-order valence-corrected chi connectivity index (χ2v) is 5.27. The van der Waals surface area contributed by atoms with Crippen molar-refractivity contribution in [2.45, 2.75) is 19.9 Å². The monoisotopic (exact) mass is 276 g/mol. The van der Waals surface area contributed by atoms with Crippen LogP contribution in [-0.4, -0.2) is 9.55 Å². The molecule has 4 aromatic rings. The predicted octanol–water partition coefficient (Wildman–Crippen LogP) is 4.86. The van der Waals surface area contributed by atoms with Crippen LogP contribution in [0.1, 0.15) is 13.3 Å². The Morgan fingerprint density at radius 1 is 1.05 bits per heavy atom. The van der Waals surface area contributed by atoms with Gasteiger partial charge in [0.2, 0.25) is 0 Å². The molecule has 3 heteroatoms. The van der Waals surface area contributed by atoms with E-state index in [-0.39, 0.29) is 0 Å². The number of nitrogens with zero attached hydrogens (tertiary/aromatic N) is 2. The van der Waals surface area contributed by atoms with E-state index in [1.807, 2.05) is 0 Å². The lowest BCUT2D eigenvalue weighted by molar-refractivity contribution is 0.572. The highest BCUT2D eigenvalue weighted by Gasteiger charge is 2.11. The van der Waals surface area contributed by atoms with E-state index >= 15 is 0 Å². The fraction of sp³-hybridized carbons (Fsp3) is 0.167. The minimum atomic E-state index is 0.809. The van der Waals surface area contributed by atoms with Gasteiger partial charge >= 0.3 is 0 Å². The van der Waals surface area contributed by atoms with Crippen molar-refractivity contribution in [3.05, 3.63) is 55.1 Å². The van der Waals surface area contributed by atoms with Gasteiger partial charge in [0.05, 0.1) is 6.20 Å². The van der Waals surface area contributed by atoms with Gasteiger partial charge in [0.1, 0.15) is 0 Å². The lowest BCUT2D eigenvalue weighted by Crippen LogP contribution is -1.95. The number of oxazole rings is 1. The molecule has 4 rings (SSSR count). The molecule has 0 spiro atoms. The number of aromatic nitrogens is 2. The van der Waals surface area contributed by atoms with Gasteiger partial charge in [-0.25, -0.2) is 4.98 Å². The molecule has 0 atom stereocenters. The number of hydrogen-bond acceptors (Lipinski definition) is 2. The van der Waals surface area contributed by atoms with E-state index < -0.39 is 0 Å². The average Bonchev–Trinajstić information content (AvgIpc) is 3.15. The van der Waals surface area contributed by atoms with Crippen LogP contribution in [0.4, 0.5) is 0 Å². The smallest absolute Gasteiger partial charge is 0.181 e. The molecule has 2 heterocycles. The second kappa shape index (κ2) is 4.77. The van der Waals surface area contributed by atoms with E-state index in [2.05, 4.69) is 58.9 Å². The van der Waals surface area contributed by atoms with E-state index in [9.17, 15) is 0 Å². The fourth-order valence-electron chi connectivity index (χ4n) is 3.03. The Hall–Kier alpha value is -2.55. The molecule has 0 bridgehead atoms. The molecule has 0 unspecified atom stereocenters. The topological polar surface area (TPSA) is 31.0 Å². The van der Waals surface area contributed by atoms with Crippen LogP contribution < -0.4 is 0 Å². The van der Waals surface area contributed by atoms with Crippen molar-refractivity contribution in [1.82, 2.24) is 9.55 Å². The molecule has 0 saturated heterocycles. The standard InChI is InChI=1S/C18H16N2O/c1-2-9-20-16-6-4-3-5-14(16)15-10-13(7-8-17(15)20)18-11-19-12-21-18/h3-8,10-12H,2,9H2,1H3. The quantitative estimate of drug-likeness (QED) is 0.535. The summed E-state index contributed by atoms with van der Waals surface area (Å²) >= 11 is 0. The minimum Gasteiger partial charge on any atom is -0.444 e. The van der Waals surface area contributed by atoms with Crippen molar-refractivity contribution in [3.8, 4) is 11.3 Å². The van der Waals surface area contributed by atoms with Crippen LogP contribution in [0, 0.1) is 0 Å². The average molecular weight is 276 g/mol. The number of aryl methyl sites for hydroxylation is 1. The summed E-state index contributed by atoms with van der Waals surface area (Å²) < 4.78 is 7.81. The SMILES string of the molecule is CCCn1c2ccccc2c2cc(-c3cnco3)ccc21. The third kappa shape index (κ3) is 1.85. The van der Waals surface area contributed by atoms with E-state index in [0.29, 0.717) is 0 Å². The van der Waals surface area contributed by atoms with Crippen molar-refractivity contribution < 1.29 is 4.42 Å². The van der Waals surface area contributed by atoms with Crippen molar-refractivity contribution in [3.63, 3.8) is 0 Å². The van der Waals surface area contributed by atoms with Gasteiger partial charge in [-0.2, -0.15) is 0 Å². The van der Waals surface area contributed by atoms with Crippen LogP contribution in [0.2, 0.25) is 0 Å². The molecule has 0 radical (unpaired) electrons. The molecule has 0 aliphatic rings. The van der Waals surface area contributed by atoms with Crippen molar-refractivity contribution >= 4 is 21.8 Å². The molecular formula is C18H16N2O. The van der Waals surface area contributed by atoms with E-state index in [1.165, 1.54) is 28.2 Å². The van der Waals surface area contributed by atoms with Crippen LogP contribution in [0.5, 0.6) is 0 Å². The van der Waals surface area contributed by atoms with Crippen LogP contribution in [-0.2, 0) is 6.54 Å². The minimum absolute atomic E-state index is 0.809. The van der Waals surface area contributed by atoms with Crippen molar-refractivity contribution in [2.75, 3.05) is 0 Å². The van der Waals surface area contributed by atoms with Crippen LogP contribution in [0.25, 0.3) is 33.1 Å². The lowest BCUT2D eigenvalue weighted by atomic mass is 10.1. The lowest BCUT2D eigenvalue weighted by Gasteiger charge is -2.05. The molecule has 0 fully saturated rings. The largest absolute Gasteiger partial charge is 0.444 e. The van der Waals surface area contributed by atoms with Crippen molar-refractivity contribution in [2.24, 2.45) is 0 Å². The molecular weight excluding hydrogens is 260 g/mol. The van der Waals surface area contributed by atoms with Gasteiger partial charge in [-0.05, 0) is 30.7 Å². The van der Waals surface area contributed by atoms with Gasteiger partial charge in [0.25, 0.3) is 0 Å². The second-order valence-electron chi connectivity index (χ2n) is 5.27. The van der Waals surface area contributed by atoms with Gasteiger partial charge < -0.3 is 8.98 Å². The summed E-state index contributed by atoms with van der Waals surface area (Å²) in [6.45, 7) is 3.25. The van der Waals surface area contributed by atoms with Crippen LogP contribution in [0.3, 0.4) is 0 Å². The van der Waals surface area contributed by atoms with Gasteiger partial charge in [0, 0.05) is 33.9 Å². The maximum Gasteiger partial charge on any atom is 0.181 e. The molecule has 21 heavy (non-hydrogen) atoms. The number of fused-ring (bicyclic) bond motifs is 3. The number of rotatable bonds is 3. The zero-order valence-corrected chi connectivity index (χ0v) is 11.9. The molecule has 0 aliphatic carbocycles. The Labute approximate surface area is 122 Å². The van der Waals surface area contributed by atoms with Gasteiger partial charge in [-0.1, -0.05) is 25.1 Å². The Bertz CT molecular complexity index is 904. The highest BCUT2D eigenvalue weighted by atomic mass is 16.3. The van der Waals surface area contributed by atoms with E-state index in [1.54, 1.807) is 6.20 Å². The molecule has 0 aliphatic heterocycles. The summed E-state index contributed by atoms with van der Waals surface area (Å²) in [5.41, 5.74) is 3.64. The fourth-order valence-corrected chi connectivity index (χ4v) is 3.03.